The maximum absolute atomic E-state index is 5.55. The summed E-state index contributed by atoms with van der Waals surface area (Å²) < 4.78 is 5.55. The molecule has 1 heterocycles. The van der Waals surface area contributed by atoms with Crippen LogP contribution in [0.5, 0.6) is 5.88 Å². The number of nitrogens with one attached hydrogen (secondary N) is 1. The van der Waals surface area contributed by atoms with Crippen molar-refractivity contribution in [1.82, 2.24) is 9.88 Å². The minimum atomic E-state index is 0.414. The van der Waals surface area contributed by atoms with E-state index in [-0.39, 0.29) is 0 Å². The van der Waals surface area contributed by atoms with Crippen molar-refractivity contribution in [3.8, 4) is 5.88 Å². The Morgan fingerprint density at radius 1 is 1.44 bits per heavy atom. The topological polar surface area (TPSA) is 37.4 Å². The molecule has 0 aliphatic heterocycles. The third-order valence-corrected chi connectivity index (χ3v) is 1.98. The number of anilines is 1. The van der Waals surface area contributed by atoms with Crippen molar-refractivity contribution in [2.75, 3.05) is 32.6 Å². The van der Waals surface area contributed by atoms with Gasteiger partial charge in [-0.25, -0.2) is 4.98 Å². The Balaban J connectivity index is 2.47. The SMILES string of the molecule is CC(C)Nc1ccnc(OCCN(C)C)c1. The average molecular weight is 223 g/mol. The first-order valence-corrected chi connectivity index (χ1v) is 5.58. The van der Waals surface area contributed by atoms with Crippen molar-refractivity contribution in [2.45, 2.75) is 19.9 Å². The largest absolute Gasteiger partial charge is 0.476 e. The van der Waals surface area contributed by atoms with E-state index in [0.29, 0.717) is 18.5 Å². The third kappa shape index (κ3) is 4.98. The zero-order valence-corrected chi connectivity index (χ0v) is 10.5. The van der Waals surface area contributed by atoms with Crippen LogP contribution in [0.1, 0.15) is 13.8 Å². The quantitative estimate of drug-likeness (QED) is 0.798. The molecule has 0 radical (unpaired) electrons. The monoisotopic (exact) mass is 223 g/mol. The fourth-order valence-electron chi connectivity index (χ4n) is 1.24. The molecule has 0 saturated heterocycles. The van der Waals surface area contributed by atoms with Crippen LogP contribution in [0.3, 0.4) is 0 Å². The lowest BCUT2D eigenvalue weighted by atomic mass is 10.3. The summed E-state index contributed by atoms with van der Waals surface area (Å²) in [5.41, 5.74) is 1.05. The summed E-state index contributed by atoms with van der Waals surface area (Å²) in [4.78, 5) is 6.24. The number of likely N-dealkylation sites (N-methyl/N-ethyl adjacent to an activating group) is 1. The fourth-order valence-corrected chi connectivity index (χ4v) is 1.24. The van der Waals surface area contributed by atoms with Gasteiger partial charge in [-0.3, -0.25) is 0 Å². The average Bonchev–Trinajstić information content (AvgIpc) is 2.16. The summed E-state index contributed by atoms with van der Waals surface area (Å²) in [6, 6.07) is 4.28. The van der Waals surface area contributed by atoms with Gasteiger partial charge in [-0.05, 0) is 34.0 Å². The predicted molar refractivity (Wildman–Crippen MR) is 67.0 cm³/mol. The summed E-state index contributed by atoms with van der Waals surface area (Å²) in [6.07, 6.45) is 1.76. The molecule has 0 fully saturated rings. The zero-order valence-electron chi connectivity index (χ0n) is 10.5. The molecule has 1 N–H and O–H groups in total. The van der Waals surface area contributed by atoms with Crippen LogP contribution in [-0.2, 0) is 0 Å². The Morgan fingerprint density at radius 2 is 2.19 bits per heavy atom. The normalized spacial score (nSPS) is 10.9. The van der Waals surface area contributed by atoms with Gasteiger partial charge in [-0.1, -0.05) is 0 Å². The van der Waals surface area contributed by atoms with E-state index in [1.165, 1.54) is 0 Å². The van der Waals surface area contributed by atoms with Crippen molar-refractivity contribution >= 4 is 5.69 Å². The molecule has 0 saturated carbocycles. The highest BCUT2D eigenvalue weighted by molar-refractivity contribution is 5.45. The van der Waals surface area contributed by atoms with Crippen molar-refractivity contribution in [3.63, 3.8) is 0 Å². The minimum Gasteiger partial charge on any atom is -0.476 e. The fraction of sp³-hybridized carbons (Fsp3) is 0.583. The Labute approximate surface area is 97.6 Å². The summed E-state index contributed by atoms with van der Waals surface area (Å²) >= 11 is 0. The molecule has 1 aromatic rings. The number of aromatic nitrogens is 1. The maximum atomic E-state index is 5.55. The van der Waals surface area contributed by atoms with Gasteiger partial charge in [-0.2, -0.15) is 0 Å². The molecule has 0 bridgehead atoms. The van der Waals surface area contributed by atoms with Gasteiger partial charge < -0.3 is 15.0 Å². The molecule has 0 amide bonds. The summed E-state index contributed by atoms with van der Waals surface area (Å²) in [6.45, 7) is 5.76. The van der Waals surface area contributed by atoms with Crippen LogP contribution in [0.2, 0.25) is 0 Å². The van der Waals surface area contributed by atoms with E-state index in [2.05, 4.69) is 29.0 Å². The molecule has 0 aliphatic rings. The highest BCUT2D eigenvalue weighted by Crippen LogP contribution is 2.14. The van der Waals surface area contributed by atoms with Crippen LogP contribution in [0, 0.1) is 0 Å². The first kappa shape index (κ1) is 12.8. The predicted octanol–water partition coefficient (Wildman–Crippen LogP) is 1.84. The number of rotatable bonds is 6. The van der Waals surface area contributed by atoms with Gasteiger partial charge >= 0.3 is 0 Å². The second kappa shape index (κ2) is 6.33. The van der Waals surface area contributed by atoms with E-state index in [9.17, 15) is 0 Å². The molecular formula is C12H21N3O. The van der Waals surface area contributed by atoms with E-state index < -0.39 is 0 Å². The number of hydrogen-bond acceptors (Lipinski definition) is 4. The lowest BCUT2D eigenvalue weighted by molar-refractivity contribution is 0.254. The summed E-state index contributed by atoms with van der Waals surface area (Å²) in [5, 5.41) is 3.31. The van der Waals surface area contributed by atoms with E-state index in [1.54, 1.807) is 6.20 Å². The number of ether oxygens (including phenoxy) is 1. The molecule has 4 heteroatoms. The first-order chi connectivity index (χ1) is 7.58. The van der Waals surface area contributed by atoms with Gasteiger partial charge in [0.15, 0.2) is 0 Å². The summed E-state index contributed by atoms with van der Waals surface area (Å²) in [5.74, 6) is 0.674. The van der Waals surface area contributed by atoms with Crippen LogP contribution in [0.25, 0.3) is 0 Å². The highest BCUT2D eigenvalue weighted by Gasteiger charge is 2.00. The van der Waals surface area contributed by atoms with Crippen LogP contribution in [0.4, 0.5) is 5.69 Å². The third-order valence-electron chi connectivity index (χ3n) is 1.98. The van der Waals surface area contributed by atoms with Crippen LogP contribution < -0.4 is 10.1 Å². The lowest BCUT2D eigenvalue weighted by Gasteiger charge is -2.12. The van der Waals surface area contributed by atoms with E-state index in [4.69, 9.17) is 4.74 Å². The Hall–Kier alpha value is -1.29. The van der Waals surface area contributed by atoms with E-state index >= 15 is 0 Å². The Bertz CT molecular complexity index is 313. The van der Waals surface area contributed by atoms with Crippen molar-refractivity contribution in [3.05, 3.63) is 18.3 Å². The molecule has 0 atom stereocenters. The molecule has 0 unspecified atom stereocenters. The van der Waals surface area contributed by atoms with Gasteiger partial charge in [0.1, 0.15) is 6.61 Å². The van der Waals surface area contributed by atoms with Gasteiger partial charge in [0.25, 0.3) is 0 Å². The highest BCUT2D eigenvalue weighted by atomic mass is 16.5. The molecule has 1 aromatic heterocycles. The lowest BCUT2D eigenvalue weighted by Crippen LogP contribution is -2.19. The Kier molecular flexibility index (Phi) is 5.05. The van der Waals surface area contributed by atoms with Gasteiger partial charge in [0, 0.05) is 30.5 Å². The van der Waals surface area contributed by atoms with Gasteiger partial charge in [0.2, 0.25) is 5.88 Å². The molecule has 0 aliphatic carbocycles. The van der Waals surface area contributed by atoms with Crippen LogP contribution in [0.15, 0.2) is 18.3 Å². The standard InChI is InChI=1S/C12H21N3O/c1-10(2)14-11-5-6-13-12(9-11)16-8-7-15(3)4/h5-6,9-10H,7-8H2,1-4H3,(H,13,14). The van der Waals surface area contributed by atoms with Crippen molar-refractivity contribution in [2.24, 2.45) is 0 Å². The smallest absolute Gasteiger partial charge is 0.215 e. The van der Waals surface area contributed by atoms with E-state index in [0.717, 1.165) is 12.2 Å². The van der Waals surface area contributed by atoms with Crippen molar-refractivity contribution in [1.29, 1.82) is 0 Å². The number of nitrogens with zero attached hydrogens (tertiary/aromatic N) is 2. The molecule has 16 heavy (non-hydrogen) atoms. The zero-order chi connectivity index (χ0) is 12.0. The second-order valence-electron chi connectivity index (χ2n) is 4.33. The number of hydrogen-bond donors (Lipinski definition) is 1. The minimum absolute atomic E-state index is 0.414. The number of pyridine rings is 1. The summed E-state index contributed by atoms with van der Waals surface area (Å²) in [7, 11) is 4.04. The molecule has 0 spiro atoms. The first-order valence-electron chi connectivity index (χ1n) is 5.58. The molecule has 90 valence electrons. The second-order valence-corrected chi connectivity index (χ2v) is 4.33. The molecule has 0 aromatic carbocycles. The van der Waals surface area contributed by atoms with Crippen molar-refractivity contribution < 1.29 is 4.74 Å². The Morgan fingerprint density at radius 3 is 2.81 bits per heavy atom. The van der Waals surface area contributed by atoms with E-state index in [1.807, 2.05) is 26.2 Å². The van der Waals surface area contributed by atoms with Gasteiger partial charge in [-0.15, -0.1) is 0 Å². The van der Waals surface area contributed by atoms with Gasteiger partial charge in [0.05, 0.1) is 0 Å². The molecular weight excluding hydrogens is 202 g/mol. The van der Waals surface area contributed by atoms with Crippen LogP contribution in [-0.4, -0.2) is 43.2 Å². The maximum Gasteiger partial charge on any atom is 0.215 e. The molecule has 1 rings (SSSR count). The van der Waals surface area contributed by atoms with Crippen LogP contribution >= 0.6 is 0 Å². The molecule has 4 nitrogen and oxygen atoms in total.